The molecule has 2 aromatic rings. The van der Waals surface area contributed by atoms with Crippen molar-refractivity contribution < 1.29 is 21.9 Å². The predicted molar refractivity (Wildman–Crippen MR) is 104 cm³/mol. The van der Waals surface area contributed by atoms with E-state index in [1.807, 2.05) is 13.8 Å². The average Bonchev–Trinajstić information content (AvgIpc) is 3.01. The van der Waals surface area contributed by atoms with Crippen molar-refractivity contribution in [1.29, 1.82) is 0 Å². The van der Waals surface area contributed by atoms with Crippen molar-refractivity contribution in [2.45, 2.75) is 29.0 Å². The number of nitrogens with two attached hydrogens (primary N) is 1. The lowest BCUT2D eigenvalue weighted by Gasteiger charge is -2.34. The minimum Gasteiger partial charge on any atom is -0.508 e. The summed E-state index contributed by atoms with van der Waals surface area (Å²) >= 11 is 0.874. The van der Waals surface area contributed by atoms with Crippen molar-refractivity contribution in [3.8, 4) is 5.75 Å². The molecule has 0 unspecified atom stereocenters. The molecule has 0 bridgehead atoms. The molecule has 0 fully saturated rings. The second kappa shape index (κ2) is 7.06. The Labute approximate surface area is 162 Å². The molecular formula is C16H21N3O5S3. The molecular weight excluding hydrogens is 410 g/mol. The number of thiophene rings is 1. The van der Waals surface area contributed by atoms with Crippen molar-refractivity contribution >= 4 is 37.1 Å². The van der Waals surface area contributed by atoms with Crippen molar-refractivity contribution in [3.05, 3.63) is 35.2 Å². The summed E-state index contributed by atoms with van der Waals surface area (Å²) in [5.74, 6) is 0.259. The van der Waals surface area contributed by atoms with E-state index in [2.05, 4.69) is 5.32 Å². The summed E-state index contributed by atoms with van der Waals surface area (Å²) in [5, 5.41) is 18.2. The highest BCUT2D eigenvalue weighted by Gasteiger charge is 2.40. The van der Waals surface area contributed by atoms with E-state index in [0.717, 1.165) is 17.4 Å². The van der Waals surface area contributed by atoms with Crippen molar-refractivity contribution in [3.63, 3.8) is 0 Å². The Balaban J connectivity index is 2.14. The van der Waals surface area contributed by atoms with Crippen molar-refractivity contribution in [2.24, 2.45) is 11.1 Å². The summed E-state index contributed by atoms with van der Waals surface area (Å²) in [6.45, 7) is 4.74. The first kappa shape index (κ1) is 20.1. The van der Waals surface area contributed by atoms with Crippen LogP contribution < -0.4 is 14.8 Å². The van der Waals surface area contributed by atoms with Gasteiger partial charge < -0.3 is 10.4 Å². The number of fused-ring (bicyclic) bond motifs is 1. The van der Waals surface area contributed by atoms with Gasteiger partial charge in [-0.25, -0.2) is 22.0 Å². The number of aromatic hydroxyl groups is 1. The molecule has 1 atom stereocenters. The maximum atomic E-state index is 13.1. The first-order valence-corrected chi connectivity index (χ1v) is 12.0. The van der Waals surface area contributed by atoms with E-state index in [-0.39, 0.29) is 21.4 Å². The fourth-order valence-electron chi connectivity index (χ4n) is 2.84. The highest BCUT2D eigenvalue weighted by Crippen LogP contribution is 2.42. The molecule has 0 saturated carbocycles. The lowest BCUT2D eigenvalue weighted by Crippen LogP contribution is -2.44. The van der Waals surface area contributed by atoms with Gasteiger partial charge in [0.1, 0.15) is 14.9 Å². The van der Waals surface area contributed by atoms with E-state index in [1.165, 1.54) is 16.4 Å². The van der Waals surface area contributed by atoms with Gasteiger partial charge in [-0.2, -0.15) is 0 Å². The Bertz CT molecular complexity index is 1060. The Morgan fingerprint density at radius 2 is 2.07 bits per heavy atom. The van der Waals surface area contributed by atoms with Crippen LogP contribution >= 0.6 is 11.3 Å². The van der Waals surface area contributed by atoms with Crippen LogP contribution in [0.2, 0.25) is 0 Å². The number of phenols is 1. The average molecular weight is 432 g/mol. The fourth-order valence-corrected chi connectivity index (χ4v) is 6.94. The smallest absolute Gasteiger partial charge is 0.265 e. The van der Waals surface area contributed by atoms with Gasteiger partial charge in [0.05, 0.1) is 18.3 Å². The maximum absolute atomic E-state index is 13.1. The summed E-state index contributed by atoms with van der Waals surface area (Å²) in [6.07, 6.45) is 0. The molecule has 3 rings (SSSR count). The van der Waals surface area contributed by atoms with Crippen LogP contribution in [0, 0.1) is 5.92 Å². The van der Waals surface area contributed by atoms with E-state index < -0.39 is 26.1 Å². The Morgan fingerprint density at radius 3 is 2.67 bits per heavy atom. The van der Waals surface area contributed by atoms with Crippen molar-refractivity contribution in [2.75, 3.05) is 17.4 Å². The molecule has 0 spiro atoms. The zero-order valence-corrected chi connectivity index (χ0v) is 17.2. The summed E-state index contributed by atoms with van der Waals surface area (Å²) in [6, 6.07) is 6.65. The summed E-state index contributed by atoms with van der Waals surface area (Å²) in [7, 11) is -8.01. The van der Waals surface area contributed by atoms with E-state index in [1.54, 1.807) is 12.1 Å². The highest BCUT2D eigenvalue weighted by atomic mass is 32.2. The molecule has 8 nitrogen and oxygen atoms in total. The lowest BCUT2D eigenvalue weighted by molar-refractivity contribution is 0.467. The van der Waals surface area contributed by atoms with Gasteiger partial charge in [-0.05, 0) is 30.7 Å². The van der Waals surface area contributed by atoms with Crippen molar-refractivity contribution in [1.82, 2.24) is 5.32 Å². The lowest BCUT2D eigenvalue weighted by atomic mass is 10.1. The molecule has 2 heterocycles. The van der Waals surface area contributed by atoms with Crippen LogP contribution in [0.15, 0.2) is 39.4 Å². The zero-order chi connectivity index (χ0) is 20.0. The summed E-state index contributed by atoms with van der Waals surface area (Å²) < 4.78 is 50.8. The maximum Gasteiger partial charge on any atom is 0.265 e. The van der Waals surface area contributed by atoms with Gasteiger partial charge in [-0.15, -0.1) is 11.3 Å². The molecule has 11 heteroatoms. The van der Waals surface area contributed by atoms with E-state index in [9.17, 15) is 21.9 Å². The molecule has 148 valence electrons. The number of benzene rings is 1. The molecule has 1 aromatic carbocycles. The van der Waals surface area contributed by atoms with Crippen LogP contribution in [0.25, 0.3) is 0 Å². The monoisotopic (exact) mass is 431 g/mol. The minimum absolute atomic E-state index is 0.0595. The number of nitrogens with zero attached hydrogens (tertiary/aromatic N) is 1. The van der Waals surface area contributed by atoms with Crippen LogP contribution in [0.5, 0.6) is 5.75 Å². The van der Waals surface area contributed by atoms with Gasteiger partial charge in [0.15, 0.2) is 0 Å². The molecule has 4 N–H and O–H groups in total. The van der Waals surface area contributed by atoms with Crippen LogP contribution in [0.1, 0.15) is 24.8 Å². The van der Waals surface area contributed by atoms with Gasteiger partial charge in [0, 0.05) is 10.9 Å². The summed E-state index contributed by atoms with van der Waals surface area (Å²) in [4.78, 5) is 0.350. The molecule has 0 saturated heterocycles. The number of rotatable bonds is 5. The van der Waals surface area contributed by atoms with Gasteiger partial charge in [0.2, 0.25) is 10.0 Å². The van der Waals surface area contributed by atoms with Gasteiger partial charge >= 0.3 is 0 Å². The van der Waals surface area contributed by atoms with Crippen LogP contribution in [-0.2, 0) is 20.0 Å². The number of primary sulfonamides is 1. The normalized spacial score (nSPS) is 19.3. The quantitative estimate of drug-likeness (QED) is 0.659. The molecule has 1 aliphatic heterocycles. The van der Waals surface area contributed by atoms with Crippen LogP contribution in [0.3, 0.4) is 0 Å². The largest absolute Gasteiger partial charge is 0.508 e. The van der Waals surface area contributed by atoms with E-state index in [4.69, 9.17) is 5.14 Å². The topological polar surface area (TPSA) is 130 Å². The van der Waals surface area contributed by atoms with Gasteiger partial charge in [-0.1, -0.05) is 19.9 Å². The Hall–Kier alpha value is -1.66. The number of nitrogens with one attached hydrogen (secondary N) is 1. The second-order valence-corrected chi connectivity index (χ2v) is 11.5. The first-order valence-electron chi connectivity index (χ1n) is 8.22. The number of phenolic OH excluding ortho intramolecular Hbond substituents is 1. The van der Waals surface area contributed by atoms with E-state index in [0.29, 0.717) is 23.0 Å². The fraction of sp³-hybridized carbons (Fsp3) is 0.375. The molecule has 0 amide bonds. The molecule has 0 aliphatic carbocycles. The molecule has 1 aromatic heterocycles. The highest BCUT2D eigenvalue weighted by molar-refractivity contribution is 7.93. The molecule has 27 heavy (non-hydrogen) atoms. The van der Waals surface area contributed by atoms with Gasteiger partial charge in [-0.3, -0.25) is 4.31 Å². The second-order valence-electron chi connectivity index (χ2n) is 6.75. The molecule has 1 aliphatic rings. The minimum atomic E-state index is -4.02. The SMILES string of the molecule is CC(C)CN[C@@H]1CN(c2cccc(O)c2)S(=O)(=O)c2cc(S(N)(=O)=O)sc21. The van der Waals surface area contributed by atoms with E-state index >= 15 is 0 Å². The Kier molecular flexibility index (Phi) is 5.25. The third kappa shape index (κ3) is 3.97. The third-order valence-corrected chi connectivity index (χ3v) is 8.74. The standard InChI is InChI=1S/C16H21N3O5S3/c1-10(2)8-18-13-9-19(11-4-3-5-12(20)6-11)27(23,24)14-7-15(25-16(13)14)26(17,21)22/h3-7,10,13,18,20H,8-9H2,1-2H3,(H2,17,21,22)/t13-/m1/s1. The number of anilines is 1. The van der Waals surface area contributed by atoms with Crippen LogP contribution in [0.4, 0.5) is 5.69 Å². The Morgan fingerprint density at radius 1 is 1.37 bits per heavy atom. The first-order chi connectivity index (χ1) is 12.5. The van der Waals surface area contributed by atoms with Gasteiger partial charge in [0.25, 0.3) is 10.0 Å². The third-order valence-electron chi connectivity index (χ3n) is 4.11. The van der Waals surface area contributed by atoms with Crippen LogP contribution in [-0.4, -0.2) is 35.0 Å². The predicted octanol–water partition coefficient (Wildman–Crippen LogP) is 1.60. The zero-order valence-electron chi connectivity index (χ0n) is 14.8. The summed E-state index contributed by atoms with van der Waals surface area (Å²) in [5.41, 5.74) is 0.306. The number of hydrogen-bond acceptors (Lipinski definition) is 7. The number of hydrogen-bond donors (Lipinski definition) is 3. The molecule has 0 radical (unpaired) electrons. The number of sulfonamides is 2.